The summed E-state index contributed by atoms with van der Waals surface area (Å²) in [5.74, 6) is 0.991. The standard InChI is InChI=1S/C22H18ClN/c23-15-11-12-21-20(13-15)17-8-4-10-19(17)22(24-21)18-9-3-6-14-5-1-2-7-16(14)18/h1-9,11-13,17,19,22,24H,10H2. The largest absolute Gasteiger partial charge is 0.378 e. The Morgan fingerprint density at radius 1 is 0.917 bits per heavy atom. The number of halogens is 1. The number of allylic oxidation sites excluding steroid dienone is 2. The third-order valence-corrected chi connectivity index (χ3v) is 5.72. The summed E-state index contributed by atoms with van der Waals surface area (Å²) in [6.45, 7) is 0. The molecule has 5 rings (SSSR count). The summed E-state index contributed by atoms with van der Waals surface area (Å²) < 4.78 is 0. The maximum atomic E-state index is 6.25. The smallest absolute Gasteiger partial charge is 0.0560 e. The molecule has 1 aliphatic heterocycles. The van der Waals surface area contributed by atoms with Gasteiger partial charge < -0.3 is 5.32 Å². The van der Waals surface area contributed by atoms with E-state index >= 15 is 0 Å². The van der Waals surface area contributed by atoms with Crippen molar-refractivity contribution in [3.05, 3.63) is 89.0 Å². The summed E-state index contributed by atoms with van der Waals surface area (Å²) in [7, 11) is 0. The summed E-state index contributed by atoms with van der Waals surface area (Å²) in [5.41, 5.74) is 3.94. The maximum absolute atomic E-state index is 6.25. The highest BCUT2D eigenvalue weighted by molar-refractivity contribution is 6.30. The predicted molar refractivity (Wildman–Crippen MR) is 102 cm³/mol. The highest BCUT2D eigenvalue weighted by Crippen LogP contribution is 2.51. The molecule has 0 spiro atoms. The van der Waals surface area contributed by atoms with E-state index in [9.17, 15) is 0 Å². The van der Waals surface area contributed by atoms with Crippen LogP contribution < -0.4 is 5.32 Å². The minimum Gasteiger partial charge on any atom is -0.378 e. The lowest BCUT2D eigenvalue weighted by Crippen LogP contribution is -2.29. The first-order valence-electron chi connectivity index (χ1n) is 8.51. The van der Waals surface area contributed by atoms with E-state index in [1.165, 1.54) is 27.6 Å². The van der Waals surface area contributed by atoms with E-state index in [-0.39, 0.29) is 0 Å². The molecule has 0 saturated heterocycles. The average Bonchev–Trinajstić information content (AvgIpc) is 3.11. The van der Waals surface area contributed by atoms with Crippen LogP contribution in [0.5, 0.6) is 0 Å². The molecule has 3 atom stereocenters. The quantitative estimate of drug-likeness (QED) is 0.514. The van der Waals surface area contributed by atoms with Crippen LogP contribution in [0.25, 0.3) is 10.8 Å². The normalized spacial score (nSPS) is 24.5. The summed E-state index contributed by atoms with van der Waals surface area (Å²) in [6, 6.07) is 21.9. The summed E-state index contributed by atoms with van der Waals surface area (Å²) in [4.78, 5) is 0. The molecule has 0 saturated carbocycles. The maximum Gasteiger partial charge on any atom is 0.0560 e. The number of hydrogen-bond donors (Lipinski definition) is 1. The van der Waals surface area contributed by atoms with E-state index < -0.39 is 0 Å². The van der Waals surface area contributed by atoms with Crippen LogP contribution in [0.2, 0.25) is 5.02 Å². The lowest BCUT2D eigenvalue weighted by atomic mass is 9.76. The van der Waals surface area contributed by atoms with Crippen LogP contribution in [-0.4, -0.2) is 0 Å². The Morgan fingerprint density at radius 3 is 2.75 bits per heavy atom. The van der Waals surface area contributed by atoms with E-state index in [2.05, 4.69) is 72.1 Å². The van der Waals surface area contributed by atoms with Crippen LogP contribution in [0.3, 0.4) is 0 Å². The molecule has 2 heteroatoms. The van der Waals surface area contributed by atoms with Gasteiger partial charge in [0.2, 0.25) is 0 Å². The Kier molecular flexibility index (Phi) is 3.17. The Balaban J connectivity index is 1.68. The molecule has 0 amide bonds. The molecule has 1 heterocycles. The molecule has 2 aliphatic rings. The van der Waals surface area contributed by atoms with Crippen molar-refractivity contribution >= 4 is 28.1 Å². The fraction of sp³-hybridized carbons (Fsp3) is 0.182. The second kappa shape index (κ2) is 5.39. The molecular formula is C22H18ClN. The van der Waals surface area contributed by atoms with Crippen molar-refractivity contribution < 1.29 is 0 Å². The molecule has 24 heavy (non-hydrogen) atoms. The Labute approximate surface area is 147 Å². The zero-order valence-electron chi connectivity index (χ0n) is 13.2. The van der Waals surface area contributed by atoms with Crippen LogP contribution >= 0.6 is 11.6 Å². The highest BCUT2D eigenvalue weighted by Gasteiger charge is 2.38. The topological polar surface area (TPSA) is 12.0 Å². The molecule has 3 aromatic rings. The Bertz CT molecular complexity index is 954. The lowest BCUT2D eigenvalue weighted by Gasteiger charge is -2.38. The zero-order valence-corrected chi connectivity index (χ0v) is 14.0. The molecule has 0 radical (unpaired) electrons. The molecule has 0 bridgehead atoms. The lowest BCUT2D eigenvalue weighted by molar-refractivity contribution is 0.427. The molecule has 118 valence electrons. The molecular weight excluding hydrogens is 314 g/mol. The average molecular weight is 332 g/mol. The SMILES string of the molecule is Clc1ccc2c(c1)C1C=CCC1C(c1cccc3ccccc13)N2. The van der Waals surface area contributed by atoms with Crippen LogP contribution in [0, 0.1) is 5.92 Å². The molecule has 3 unspecified atom stereocenters. The molecule has 0 aromatic heterocycles. The second-order valence-corrected chi connectivity index (χ2v) is 7.21. The van der Waals surface area contributed by atoms with Gasteiger partial charge in [-0.25, -0.2) is 0 Å². The van der Waals surface area contributed by atoms with Gasteiger partial charge in [-0.15, -0.1) is 0 Å². The first kappa shape index (κ1) is 14.1. The van der Waals surface area contributed by atoms with Crippen LogP contribution in [0.1, 0.15) is 29.5 Å². The first-order valence-corrected chi connectivity index (χ1v) is 8.89. The van der Waals surface area contributed by atoms with Crippen LogP contribution in [0.15, 0.2) is 72.8 Å². The number of fused-ring (bicyclic) bond motifs is 4. The van der Waals surface area contributed by atoms with Crippen LogP contribution in [-0.2, 0) is 0 Å². The van der Waals surface area contributed by atoms with Gasteiger partial charge >= 0.3 is 0 Å². The molecule has 1 aliphatic carbocycles. The van der Waals surface area contributed by atoms with Gasteiger partial charge in [0, 0.05) is 16.6 Å². The van der Waals surface area contributed by atoms with Gasteiger partial charge in [-0.05, 0) is 52.4 Å². The monoisotopic (exact) mass is 331 g/mol. The molecule has 3 aromatic carbocycles. The first-order chi connectivity index (χ1) is 11.8. The van der Waals surface area contributed by atoms with Crippen molar-refractivity contribution in [3.8, 4) is 0 Å². The highest BCUT2D eigenvalue weighted by atomic mass is 35.5. The fourth-order valence-corrected chi connectivity index (χ4v) is 4.58. The van der Waals surface area contributed by atoms with Crippen molar-refractivity contribution in [1.29, 1.82) is 0 Å². The zero-order chi connectivity index (χ0) is 16.1. The summed E-state index contributed by atoms with van der Waals surface area (Å²) in [5, 5.41) is 7.28. The third kappa shape index (κ3) is 2.08. The van der Waals surface area contributed by atoms with Gasteiger partial charge in [-0.3, -0.25) is 0 Å². The number of nitrogens with one attached hydrogen (secondary N) is 1. The third-order valence-electron chi connectivity index (χ3n) is 5.48. The molecule has 0 fully saturated rings. The van der Waals surface area contributed by atoms with Crippen molar-refractivity contribution in [2.45, 2.75) is 18.4 Å². The Morgan fingerprint density at radius 2 is 1.79 bits per heavy atom. The number of rotatable bonds is 1. The Hall–Kier alpha value is -2.25. The van der Waals surface area contributed by atoms with E-state index in [1.54, 1.807) is 0 Å². The van der Waals surface area contributed by atoms with E-state index in [0.29, 0.717) is 17.9 Å². The number of benzene rings is 3. The molecule has 1 N–H and O–H groups in total. The van der Waals surface area contributed by atoms with Crippen molar-refractivity contribution in [2.75, 3.05) is 5.32 Å². The number of hydrogen-bond acceptors (Lipinski definition) is 1. The number of anilines is 1. The minimum atomic E-state index is 0.324. The second-order valence-electron chi connectivity index (χ2n) is 6.78. The van der Waals surface area contributed by atoms with Gasteiger partial charge in [-0.1, -0.05) is 66.2 Å². The predicted octanol–water partition coefficient (Wildman–Crippen LogP) is 6.32. The van der Waals surface area contributed by atoms with Crippen LogP contribution in [0.4, 0.5) is 5.69 Å². The molecule has 1 nitrogen and oxygen atoms in total. The summed E-state index contributed by atoms with van der Waals surface area (Å²) in [6.07, 6.45) is 5.79. The van der Waals surface area contributed by atoms with Gasteiger partial charge in [0.15, 0.2) is 0 Å². The fourth-order valence-electron chi connectivity index (χ4n) is 4.39. The van der Waals surface area contributed by atoms with Crippen molar-refractivity contribution in [1.82, 2.24) is 0 Å². The van der Waals surface area contributed by atoms with Crippen molar-refractivity contribution in [2.24, 2.45) is 5.92 Å². The van der Waals surface area contributed by atoms with E-state index in [4.69, 9.17) is 11.6 Å². The summed E-state index contributed by atoms with van der Waals surface area (Å²) >= 11 is 6.25. The minimum absolute atomic E-state index is 0.324. The van der Waals surface area contributed by atoms with Gasteiger partial charge in [-0.2, -0.15) is 0 Å². The van der Waals surface area contributed by atoms with Crippen molar-refractivity contribution in [3.63, 3.8) is 0 Å². The van der Waals surface area contributed by atoms with Gasteiger partial charge in [0.05, 0.1) is 6.04 Å². The van der Waals surface area contributed by atoms with E-state index in [0.717, 1.165) is 11.4 Å². The van der Waals surface area contributed by atoms with Gasteiger partial charge in [0.25, 0.3) is 0 Å². The van der Waals surface area contributed by atoms with E-state index in [1.807, 2.05) is 6.07 Å². The van der Waals surface area contributed by atoms with Gasteiger partial charge in [0.1, 0.15) is 0 Å².